The van der Waals surface area contributed by atoms with Gasteiger partial charge in [-0.2, -0.15) is 0 Å². The molecule has 0 aliphatic carbocycles. The van der Waals surface area contributed by atoms with E-state index >= 15 is 0 Å². The third-order valence-electron chi connectivity index (χ3n) is 3.55. The highest BCUT2D eigenvalue weighted by molar-refractivity contribution is 5.81. The minimum Gasteiger partial charge on any atom is -0.490 e. The van der Waals surface area contributed by atoms with Crippen LogP contribution in [0.2, 0.25) is 0 Å². The molecule has 4 heteroatoms. The van der Waals surface area contributed by atoms with E-state index in [2.05, 4.69) is 6.58 Å². The summed E-state index contributed by atoms with van der Waals surface area (Å²) in [4.78, 5) is 13.8. The molecular formula is C19H22N2O2. The number of nitrogens with two attached hydrogens (primary N) is 1. The number of nitrogens with zero attached hydrogens (tertiary/aromatic N) is 1. The summed E-state index contributed by atoms with van der Waals surface area (Å²) in [5.41, 5.74) is 7.57. The molecule has 0 bridgehead atoms. The Labute approximate surface area is 137 Å². The highest BCUT2D eigenvalue weighted by Crippen LogP contribution is 2.22. The van der Waals surface area contributed by atoms with Gasteiger partial charge in [0, 0.05) is 6.54 Å². The minimum absolute atomic E-state index is 0.357. The maximum Gasteiger partial charge on any atom is 0.239 e. The second-order valence-electron chi connectivity index (χ2n) is 5.37. The zero-order chi connectivity index (χ0) is 16.7. The minimum atomic E-state index is -0.451. The number of amides is 1. The van der Waals surface area contributed by atoms with Crippen molar-refractivity contribution in [2.75, 3.05) is 13.7 Å². The van der Waals surface area contributed by atoms with Gasteiger partial charge in [0.05, 0.1) is 0 Å². The number of rotatable bonds is 8. The lowest BCUT2D eigenvalue weighted by molar-refractivity contribution is -0.123. The zero-order valence-electron chi connectivity index (χ0n) is 13.3. The van der Waals surface area contributed by atoms with Gasteiger partial charge >= 0.3 is 0 Å². The third-order valence-corrected chi connectivity index (χ3v) is 3.55. The molecule has 0 radical (unpaired) electrons. The molecule has 0 spiro atoms. The van der Waals surface area contributed by atoms with Crippen LogP contribution in [-0.4, -0.2) is 24.5 Å². The lowest BCUT2D eigenvalue weighted by Gasteiger charge is -2.26. The van der Waals surface area contributed by atoms with E-state index < -0.39 is 6.04 Å². The third kappa shape index (κ3) is 4.69. The van der Waals surface area contributed by atoms with Crippen LogP contribution in [0.5, 0.6) is 5.75 Å². The fourth-order valence-electron chi connectivity index (χ4n) is 2.50. The summed E-state index contributed by atoms with van der Waals surface area (Å²) < 4.78 is 5.46. The van der Waals surface area contributed by atoms with Gasteiger partial charge in [0.2, 0.25) is 5.91 Å². The second kappa shape index (κ2) is 8.15. The largest absolute Gasteiger partial charge is 0.490 e. The number of hydrogen-bond donors (Lipinski definition) is 1. The maximum absolute atomic E-state index is 11.9. The highest BCUT2D eigenvalue weighted by Gasteiger charge is 2.22. The van der Waals surface area contributed by atoms with Crippen LogP contribution in [-0.2, 0) is 11.3 Å². The van der Waals surface area contributed by atoms with Gasteiger partial charge in [-0.3, -0.25) is 9.69 Å². The molecule has 4 nitrogen and oxygen atoms in total. The Morgan fingerprint density at radius 2 is 1.87 bits per heavy atom. The summed E-state index contributed by atoms with van der Waals surface area (Å²) in [5.74, 6) is 0.440. The molecular weight excluding hydrogens is 288 g/mol. The Kier molecular flexibility index (Phi) is 5.94. The molecule has 1 amide bonds. The van der Waals surface area contributed by atoms with Gasteiger partial charge < -0.3 is 10.5 Å². The molecule has 23 heavy (non-hydrogen) atoms. The first kappa shape index (κ1) is 16.8. The van der Waals surface area contributed by atoms with Crippen LogP contribution in [0.4, 0.5) is 0 Å². The molecule has 2 aromatic carbocycles. The first-order chi connectivity index (χ1) is 11.1. The van der Waals surface area contributed by atoms with Crippen LogP contribution in [0, 0.1) is 0 Å². The van der Waals surface area contributed by atoms with E-state index in [0.717, 1.165) is 16.9 Å². The first-order valence-corrected chi connectivity index (χ1v) is 7.49. The number of benzene rings is 2. The second-order valence-corrected chi connectivity index (χ2v) is 5.37. The number of hydrogen-bond acceptors (Lipinski definition) is 3. The van der Waals surface area contributed by atoms with E-state index in [0.29, 0.717) is 13.2 Å². The van der Waals surface area contributed by atoms with Crippen molar-refractivity contribution in [2.24, 2.45) is 5.73 Å². The smallest absolute Gasteiger partial charge is 0.239 e. The van der Waals surface area contributed by atoms with Gasteiger partial charge in [-0.15, -0.1) is 0 Å². The lowest BCUT2D eigenvalue weighted by Crippen LogP contribution is -2.34. The lowest BCUT2D eigenvalue weighted by atomic mass is 10.0. The summed E-state index contributed by atoms with van der Waals surface area (Å²) in [5, 5.41) is 0. The number of primary amides is 1. The number of carbonyl (C=O) groups is 1. The van der Waals surface area contributed by atoms with Gasteiger partial charge in [0.15, 0.2) is 0 Å². The fraction of sp³-hybridized carbons (Fsp3) is 0.211. The van der Waals surface area contributed by atoms with Crippen molar-refractivity contribution in [3.8, 4) is 5.75 Å². The Morgan fingerprint density at radius 3 is 2.43 bits per heavy atom. The molecule has 1 atom stereocenters. The molecule has 120 valence electrons. The molecule has 0 aromatic heterocycles. The van der Waals surface area contributed by atoms with E-state index in [-0.39, 0.29) is 5.91 Å². The van der Waals surface area contributed by atoms with E-state index in [1.165, 1.54) is 0 Å². The van der Waals surface area contributed by atoms with E-state index in [4.69, 9.17) is 10.5 Å². The number of ether oxygens (including phenoxy) is 1. The maximum atomic E-state index is 11.9. The first-order valence-electron chi connectivity index (χ1n) is 7.49. The summed E-state index contributed by atoms with van der Waals surface area (Å²) in [7, 11) is 1.89. The van der Waals surface area contributed by atoms with Crippen LogP contribution in [0.3, 0.4) is 0 Å². The van der Waals surface area contributed by atoms with Crippen molar-refractivity contribution in [3.63, 3.8) is 0 Å². The van der Waals surface area contributed by atoms with Gasteiger partial charge in [-0.25, -0.2) is 0 Å². The van der Waals surface area contributed by atoms with Crippen molar-refractivity contribution < 1.29 is 9.53 Å². The van der Waals surface area contributed by atoms with Crippen molar-refractivity contribution in [3.05, 3.63) is 78.4 Å². The molecule has 0 fully saturated rings. The van der Waals surface area contributed by atoms with E-state index in [1.54, 1.807) is 6.08 Å². The average Bonchev–Trinajstić information content (AvgIpc) is 2.55. The molecule has 2 rings (SSSR count). The monoisotopic (exact) mass is 310 g/mol. The zero-order valence-corrected chi connectivity index (χ0v) is 13.3. The van der Waals surface area contributed by atoms with Gasteiger partial charge in [0.1, 0.15) is 18.4 Å². The van der Waals surface area contributed by atoms with Crippen LogP contribution in [0.25, 0.3) is 0 Å². The van der Waals surface area contributed by atoms with Crippen molar-refractivity contribution in [1.82, 2.24) is 4.90 Å². The molecule has 0 aliphatic heterocycles. The van der Waals surface area contributed by atoms with E-state index in [9.17, 15) is 4.79 Å². The van der Waals surface area contributed by atoms with Gasteiger partial charge in [-0.05, 0) is 30.3 Å². The summed E-state index contributed by atoms with van der Waals surface area (Å²) in [6, 6.07) is 16.9. The molecule has 0 heterocycles. The summed E-state index contributed by atoms with van der Waals surface area (Å²) in [6.07, 6.45) is 1.71. The SMILES string of the molecule is C=CCOc1ccc(CN(C)C(C(N)=O)c2ccccc2)cc1. The number of likely N-dealkylation sites (N-methyl/N-ethyl adjacent to an activating group) is 1. The predicted octanol–water partition coefficient (Wildman–Crippen LogP) is 2.91. The van der Waals surface area contributed by atoms with Crippen molar-refractivity contribution in [2.45, 2.75) is 12.6 Å². The van der Waals surface area contributed by atoms with Crippen molar-refractivity contribution in [1.29, 1.82) is 0 Å². The molecule has 2 N–H and O–H groups in total. The van der Waals surface area contributed by atoms with Crippen LogP contribution in [0.15, 0.2) is 67.3 Å². The van der Waals surface area contributed by atoms with Crippen LogP contribution >= 0.6 is 0 Å². The summed E-state index contributed by atoms with van der Waals surface area (Å²) >= 11 is 0. The van der Waals surface area contributed by atoms with Gasteiger partial charge in [0.25, 0.3) is 0 Å². The summed E-state index contributed by atoms with van der Waals surface area (Å²) in [6.45, 7) is 4.72. The Morgan fingerprint density at radius 1 is 1.22 bits per heavy atom. The quantitative estimate of drug-likeness (QED) is 0.763. The Hall–Kier alpha value is -2.59. The molecule has 0 saturated carbocycles. The predicted molar refractivity (Wildman–Crippen MR) is 92.0 cm³/mol. The van der Waals surface area contributed by atoms with Crippen LogP contribution < -0.4 is 10.5 Å². The van der Waals surface area contributed by atoms with Crippen molar-refractivity contribution >= 4 is 5.91 Å². The standard InChI is InChI=1S/C19H22N2O2/c1-3-13-23-17-11-9-15(10-12-17)14-21(2)18(19(20)22)16-7-5-4-6-8-16/h3-12,18H,1,13-14H2,2H3,(H2,20,22). The fourth-order valence-corrected chi connectivity index (χ4v) is 2.50. The average molecular weight is 310 g/mol. The normalized spacial score (nSPS) is 11.9. The highest BCUT2D eigenvalue weighted by atomic mass is 16.5. The van der Waals surface area contributed by atoms with Crippen LogP contribution in [0.1, 0.15) is 17.2 Å². The Bertz CT molecular complexity index is 638. The topological polar surface area (TPSA) is 55.6 Å². The molecule has 1 unspecified atom stereocenters. The van der Waals surface area contributed by atoms with Gasteiger partial charge in [-0.1, -0.05) is 55.1 Å². The molecule has 0 aliphatic rings. The molecule has 2 aromatic rings. The molecule has 0 saturated heterocycles. The Balaban J connectivity index is 2.08. The van der Waals surface area contributed by atoms with E-state index in [1.807, 2.05) is 66.5 Å². The number of carbonyl (C=O) groups excluding carboxylic acids is 1.